The Hall–Kier alpha value is -0.900. The van der Waals surface area contributed by atoms with E-state index in [1.807, 2.05) is 18.2 Å². The third-order valence-corrected chi connectivity index (χ3v) is 3.55. The lowest BCUT2D eigenvalue weighted by Gasteiger charge is -2.18. The number of likely N-dealkylation sites (N-methyl/N-ethyl adjacent to an activating group) is 1. The zero-order chi connectivity index (χ0) is 17.5. The molecule has 1 rings (SSSR count). The number of hydrogen-bond donors (Lipinski definition) is 2. The number of aliphatic imine (C=N–C) groups is 1. The van der Waals surface area contributed by atoms with Crippen molar-refractivity contribution in [1.29, 1.82) is 0 Å². The first-order valence-electron chi connectivity index (χ1n) is 8.50. The standard InChI is InChI=1S/C18H32N4O2.HI/c1-19-18(20-10-13-22(2)12-7-14-23-3)21-11-15-24-16-17-8-5-4-6-9-17;/h4-6,8-9H,7,10-16H2,1-3H3,(H2,19,20,21);1H. The van der Waals surface area contributed by atoms with Crippen molar-refractivity contribution < 1.29 is 9.47 Å². The molecule has 1 aromatic carbocycles. The van der Waals surface area contributed by atoms with Crippen LogP contribution in [-0.4, -0.2) is 71.5 Å². The topological polar surface area (TPSA) is 58.1 Å². The molecule has 0 aliphatic rings. The van der Waals surface area contributed by atoms with E-state index < -0.39 is 0 Å². The largest absolute Gasteiger partial charge is 0.385 e. The van der Waals surface area contributed by atoms with E-state index in [4.69, 9.17) is 9.47 Å². The van der Waals surface area contributed by atoms with Crippen LogP contribution in [0.2, 0.25) is 0 Å². The van der Waals surface area contributed by atoms with Gasteiger partial charge in [-0.15, -0.1) is 24.0 Å². The van der Waals surface area contributed by atoms with Crippen LogP contribution in [0.3, 0.4) is 0 Å². The molecule has 0 saturated heterocycles. The van der Waals surface area contributed by atoms with Crippen molar-refractivity contribution >= 4 is 29.9 Å². The Bertz CT molecular complexity index is 446. The van der Waals surface area contributed by atoms with Crippen LogP contribution in [0.4, 0.5) is 0 Å². The molecule has 2 N–H and O–H groups in total. The lowest BCUT2D eigenvalue weighted by molar-refractivity contribution is 0.125. The smallest absolute Gasteiger partial charge is 0.191 e. The second kappa shape index (κ2) is 16.6. The average molecular weight is 464 g/mol. The number of halogens is 1. The zero-order valence-electron chi connectivity index (χ0n) is 15.7. The van der Waals surface area contributed by atoms with Crippen LogP contribution in [-0.2, 0) is 16.1 Å². The number of nitrogens with one attached hydrogen (secondary N) is 2. The summed E-state index contributed by atoms with van der Waals surface area (Å²) in [6, 6.07) is 10.2. The summed E-state index contributed by atoms with van der Waals surface area (Å²) < 4.78 is 10.7. The Labute approximate surface area is 169 Å². The first-order chi connectivity index (χ1) is 11.8. The summed E-state index contributed by atoms with van der Waals surface area (Å²) in [4.78, 5) is 6.50. The molecule has 0 heterocycles. The van der Waals surface area contributed by atoms with Crippen molar-refractivity contribution in [3.05, 3.63) is 35.9 Å². The minimum Gasteiger partial charge on any atom is -0.385 e. The van der Waals surface area contributed by atoms with Gasteiger partial charge in [0.2, 0.25) is 0 Å². The molecule has 0 atom stereocenters. The highest BCUT2D eigenvalue weighted by Crippen LogP contribution is 1.99. The molecular weight excluding hydrogens is 431 g/mol. The summed E-state index contributed by atoms with van der Waals surface area (Å²) in [6.07, 6.45) is 1.05. The molecule has 0 amide bonds. The number of hydrogen-bond acceptors (Lipinski definition) is 4. The number of benzene rings is 1. The van der Waals surface area contributed by atoms with Gasteiger partial charge in [-0.05, 0) is 19.0 Å². The van der Waals surface area contributed by atoms with Gasteiger partial charge in [0.25, 0.3) is 0 Å². The van der Waals surface area contributed by atoms with Crippen LogP contribution in [0, 0.1) is 0 Å². The van der Waals surface area contributed by atoms with Crippen LogP contribution in [0.25, 0.3) is 0 Å². The van der Waals surface area contributed by atoms with Crippen molar-refractivity contribution in [2.75, 3.05) is 60.6 Å². The molecule has 0 fully saturated rings. The first-order valence-corrected chi connectivity index (χ1v) is 8.50. The van der Waals surface area contributed by atoms with Crippen LogP contribution in [0.5, 0.6) is 0 Å². The van der Waals surface area contributed by atoms with E-state index in [9.17, 15) is 0 Å². The van der Waals surface area contributed by atoms with Crippen molar-refractivity contribution in [2.45, 2.75) is 13.0 Å². The van der Waals surface area contributed by atoms with Crippen molar-refractivity contribution in [3.8, 4) is 0 Å². The van der Waals surface area contributed by atoms with E-state index in [0.717, 1.165) is 45.2 Å². The molecule has 0 aromatic heterocycles. The van der Waals surface area contributed by atoms with Gasteiger partial charge in [-0.1, -0.05) is 30.3 Å². The average Bonchev–Trinajstić information content (AvgIpc) is 2.61. The fourth-order valence-electron chi connectivity index (χ4n) is 2.18. The third-order valence-electron chi connectivity index (χ3n) is 3.55. The van der Waals surface area contributed by atoms with Gasteiger partial charge in [-0.25, -0.2) is 0 Å². The molecule has 144 valence electrons. The highest BCUT2D eigenvalue weighted by Gasteiger charge is 2.00. The molecule has 1 aromatic rings. The highest BCUT2D eigenvalue weighted by molar-refractivity contribution is 14.0. The van der Waals surface area contributed by atoms with Crippen molar-refractivity contribution in [1.82, 2.24) is 15.5 Å². The van der Waals surface area contributed by atoms with Gasteiger partial charge >= 0.3 is 0 Å². The third kappa shape index (κ3) is 13.0. The van der Waals surface area contributed by atoms with Crippen LogP contribution in [0.1, 0.15) is 12.0 Å². The maximum Gasteiger partial charge on any atom is 0.191 e. The minimum absolute atomic E-state index is 0. The monoisotopic (exact) mass is 464 g/mol. The summed E-state index contributed by atoms with van der Waals surface area (Å²) in [6.45, 7) is 5.69. The number of guanidine groups is 1. The van der Waals surface area contributed by atoms with Crippen molar-refractivity contribution in [2.24, 2.45) is 4.99 Å². The van der Waals surface area contributed by atoms with E-state index in [2.05, 4.69) is 39.7 Å². The first kappa shape index (κ1) is 24.1. The normalized spacial score (nSPS) is 11.3. The van der Waals surface area contributed by atoms with Gasteiger partial charge in [0, 0.05) is 46.9 Å². The fourth-order valence-corrected chi connectivity index (χ4v) is 2.18. The molecule has 0 aliphatic carbocycles. The molecule has 0 radical (unpaired) electrons. The molecule has 0 aliphatic heterocycles. The molecule has 0 unspecified atom stereocenters. The SMILES string of the molecule is CN=C(NCCOCc1ccccc1)NCCN(C)CCCOC.I. The Kier molecular flexibility index (Phi) is 16.0. The predicted octanol–water partition coefficient (Wildman–Crippen LogP) is 1.95. The van der Waals surface area contributed by atoms with Gasteiger partial charge in [0.1, 0.15) is 0 Å². The second-order valence-electron chi connectivity index (χ2n) is 5.61. The summed E-state index contributed by atoms with van der Waals surface area (Å²) in [5.41, 5.74) is 1.19. The van der Waals surface area contributed by atoms with Gasteiger partial charge in [0.15, 0.2) is 5.96 Å². The van der Waals surface area contributed by atoms with Gasteiger partial charge in [0.05, 0.1) is 13.2 Å². The summed E-state index contributed by atoms with van der Waals surface area (Å²) in [7, 11) is 5.63. The second-order valence-corrected chi connectivity index (χ2v) is 5.61. The van der Waals surface area contributed by atoms with E-state index in [-0.39, 0.29) is 24.0 Å². The van der Waals surface area contributed by atoms with Crippen LogP contribution < -0.4 is 10.6 Å². The molecule has 25 heavy (non-hydrogen) atoms. The molecule has 0 bridgehead atoms. The Morgan fingerprint density at radius 2 is 1.80 bits per heavy atom. The van der Waals surface area contributed by atoms with Crippen LogP contribution >= 0.6 is 24.0 Å². The summed E-state index contributed by atoms with van der Waals surface area (Å²) in [5.74, 6) is 0.809. The Balaban J connectivity index is 0.00000576. The van der Waals surface area contributed by atoms with E-state index in [1.165, 1.54) is 5.56 Å². The number of ether oxygens (including phenoxy) is 2. The lowest BCUT2D eigenvalue weighted by Crippen LogP contribution is -2.42. The maximum absolute atomic E-state index is 5.65. The van der Waals surface area contributed by atoms with Gasteiger partial charge in [-0.2, -0.15) is 0 Å². The molecule has 0 saturated carbocycles. The molecule has 7 heteroatoms. The molecule has 0 spiro atoms. The summed E-state index contributed by atoms with van der Waals surface area (Å²) >= 11 is 0. The van der Waals surface area contributed by atoms with E-state index in [0.29, 0.717) is 13.2 Å². The Morgan fingerprint density at radius 1 is 1.08 bits per heavy atom. The molecule has 6 nitrogen and oxygen atoms in total. The minimum atomic E-state index is 0. The number of methoxy groups -OCH3 is 1. The fraction of sp³-hybridized carbons (Fsp3) is 0.611. The van der Waals surface area contributed by atoms with E-state index >= 15 is 0 Å². The van der Waals surface area contributed by atoms with E-state index in [1.54, 1.807) is 14.2 Å². The molecular formula is C18H33IN4O2. The number of nitrogens with zero attached hydrogens (tertiary/aromatic N) is 2. The predicted molar refractivity (Wildman–Crippen MR) is 115 cm³/mol. The maximum atomic E-state index is 5.65. The number of rotatable bonds is 12. The van der Waals surface area contributed by atoms with Crippen molar-refractivity contribution in [3.63, 3.8) is 0 Å². The lowest BCUT2D eigenvalue weighted by atomic mass is 10.2. The Morgan fingerprint density at radius 3 is 2.48 bits per heavy atom. The summed E-state index contributed by atoms with van der Waals surface area (Å²) in [5, 5.41) is 6.57. The van der Waals surface area contributed by atoms with Gasteiger partial charge < -0.3 is 25.0 Å². The van der Waals surface area contributed by atoms with Crippen LogP contribution in [0.15, 0.2) is 35.3 Å². The van der Waals surface area contributed by atoms with Gasteiger partial charge in [-0.3, -0.25) is 4.99 Å². The zero-order valence-corrected chi connectivity index (χ0v) is 18.0. The highest BCUT2D eigenvalue weighted by atomic mass is 127. The quantitative estimate of drug-likeness (QED) is 0.214.